The number of carbonyl (C=O) groups is 1. The Balaban J connectivity index is 1.45. The lowest BCUT2D eigenvalue weighted by Crippen LogP contribution is -2.32. The van der Waals surface area contributed by atoms with Crippen molar-refractivity contribution in [3.63, 3.8) is 0 Å². The number of anilines is 1. The van der Waals surface area contributed by atoms with Gasteiger partial charge in [-0.25, -0.2) is 4.98 Å². The van der Waals surface area contributed by atoms with Crippen molar-refractivity contribution >= 4 is 56.6 Å². The maximum atomic E-state index is 12.1. The average Bonchev–Trinajstić information content (AvgIpc) is 3.18. The lowest BCUT2D eigenvalue weighted by atomic mass is 10.2. The van der Waals surface area contributed by atoms with Gasteiger partial charge in [-0.3, -0.25) is 10.1 Å². The first-order valence-electron chi connectivity index (χ1n) is 9.12. The number of nitrogens with one attached hydrogen (secondary N) is 2. The minimum atomic E-state index is -0.332. The molecule has 0 aliphatic rings. The van der Waals surface area contributed by atoms with Crippen LogP contribution in [0.4, 0.5) is 5.69 Å². The zero-order valence-electron chi connectivity index (χ0n) is 15.7. The van der Waals surface area contributed by atoms with E-state index < -0.39 is 0 Å². The summed E-state index contributed by atoms with van der Waals surface area (Å²) in [7, 11) is 0. The van der Waals surface area contributed by atoms with Gasteiger partial charge >= 0.3 is 0 Å². The normalized spacial score (nSPS) is 10.9. The number of thiocarbonyl (C=S) groups is 1. The van der Waals surface area contributed by atoms with Crippen molar-refractivity contribution in [3.05, 3.63) is 84.4 Å². The van der Waals surface area contributed by atoms with Gasteiger partial charge in [-0.05, 0) is 54.2 Å². The van der Waals surface area contributed by atoms with Crippen LogP contribution >= 0.6 is 23.6 Å². The number of nitrogens with zero attached hydrogens (tertiary/aromatic N) is 1. The number of hydrogen-bond donors (Lipinski definition) is 3. The lowest BCUT2D eigenvalue weighted by Gasteiger charge is -2.10. The molecule has 7 heteroatoms. The molecule has 1 aromatic heterocycles. The number of phenolic OH excluding ortho intramolecular Hbond substituents is 1. The molecule has 0 bridgehead atoms. The smallest absolute Gasteiger partial charge is 0.250 e. The van der Waals surface area contributed by atoms with Crippen LogP contribution in [0.3, 0.4) is 0 Å². The molecular formula is C23H17N3O2S2. The van der Waals surface area contributed by atoms with E-state index in [-0.39, 0.29) is 16.8 Å². The second-order valence-electron chi connectivity index (χ2n) is 6.41. The minimum absolute atomic E-state index is 0.125. The number of thiazole rings is 1. The van der Waals surface area contributed by atoms with E-state index in [4.69, 9.17) is 12.2 Å². The van der Waals surface area contributed by atoms with E-state index >= 15 is 0 Å². The largest absolute Gasteiger partial charge is 0.507 e. The van der Waals surface area contributed by atoms with E-state index in [0.717, 1.165) is 15.8 Å². The topological polar surface area (TPSA) is 74.2 Å². The quantitative estimate of drug-likeness (QED) is 0.235. The van der Waals surface area contributed by atoms with Gasteiger partial charge in [0.25, 0.3) is 0 Å². The predicted octanol–water partition coefficient (Wildman–Crippen LogP) is 5.20. The van der Waals surface area contributed by atoms with Crippen molar-refractivity contribution < 1.29 is 9.90 Å². The van der Waals surface area contributed by atoms with Gasteiger partial charge in [0, 0.05) is 11.8 Å². The zero-order valence-corrected chi connectivity index (χ0v) is 17.3. The number of fused-ring (bicyclic) bond motifs is 1. The number of hydrogen-bond acceptors (Lipinski definition) is 5. The summed E-state index contributed by atoms with van der Waals surface area (Å²) in [5.74, 6) is -0.207. The van der Waals surface area contributed by atoms with Crippen LogP contribution in [0.15, 0.2) is 78.9 Å². The third-order valence-corrected chi connectivity index (χ3v) is 5.52. The van der Waals surface area contributed by atoms with Crippen LogP contribution in [0.5, 0.6) is 5.75 Å². The van der Waals surface area contributed by atoms with Crippen LogP contribution in [0.25, 0.3) is 26.9 Å². The molecular weight excluding hydrogens is 414 g/mol. The van der Waals surface area contributed by atoms with Gasteiger partial charge in [-0.15, -0.1) is 11.3 Å². The number of amides is 1. The van der Waals surface area contributed by atoms with E-state index in [1.54, 1.807) is 24.3 Å². The fourth-order valence-electron chi connectivity index (χ4n) is 2.82. The molecule has 148 valence electrons. The van der Waals surface area contributed by atoms with Crippen LogP contribution in [-0.4, -0.2) is 21.1 Å². The van der Waals surface area contributed by atoms with Crippen LogP contribution in [0.2, 0.25) is 0 Å². The Kier molecular flexibility index (Phi) is 5.83. The molecule has 0 fully saturated rings. The molecule has 30 heavy (non-hydrogen) atoms. The highest BCUT2D eigenvalue weighted by atomic mass is 32.1. The Hall–Kier alpha value is -3.55. The lowest BCUT2D eigenvalue weighted by molar-refractivity contribution is -0.115. The summed E-state index contributed by atoms with van der Waals surface area (Å²) in [6.07, 6.45) is 3.14. The Morgan fingerprint density at radius 2 is 1.80 bits per heavy atom. The van der Waals surface area contributed by atoms with Gasteiger partial charge in [-0.2, -0.15) is 0 Å². The number of para-hydroxylation sites is 1. The third kappa shape index (κ3) is 4.71. The number of rotatable bonds is 4. The Bertz CT molecular complexity index is 1220. The average molecular weight is 432 g/mol. The van der Waals surface area contributed by atoms with Crippen molar-refractivity contribution in [2.45, 2.75) is 0 Å². The van der Waals surface area contributed by atoms with Gasteiger partial charge in [0.2, 0.25) is 5.91 Å². The molecule has 0 saturated carbocycles. The van der Waals surface area contributed by atoms with Gasteiger partial charge in [0.05, 0.1) is 15.8 Å². The number of benzene rings is 3. The Morgan fingerprint density at radius 1 is 1.03 bits per heavy atom. The van der Waals surface area contributed by atoms with Gasteiger partial charge in [0.15, 0.2) is 5.11 Å². The molecule has 0 radical (unpaired) electrons. The highest BCUT2D eigenvalue weighted by Crippen LogP contribution is 2.36. The fraction of sp³-hybridized carbons (Fsp3) is 0. The second kappa shape index (κ2) is 8.86. The van der Waals surface area contributed by atoms with Crippen LogP contribution in [-0.2, 0) is 4.79 Å². The monoisotopic (exact) mass is 431 g/mol. The number of aromatic nitrogens is 1. The van der Waals surface area contributed by atoms with Crippen molar-refractivity contribution in [1.29, 1.82) is 0 Å². The predicted molar refractivity (Wildman–Crippen MR) is 127 cm³/mol. The molecule has 5 nitrogen and oxygen atoms in total. The van der Waals surface area contributed by atoms with Crippen LogP contribution in [0, 0.1) is 0 Å². The van der Waals surface area contributed by atoms with Crippen molar-refractivity contribution in [2.24, 2.45) is 0 Å². The molecule has 0 aliphatic carbocycles. The maximum Gasteiger partial charge on any atom is 0.250 e. The Labute approximate surface area is 182 Å². The summed E-state index contributed by atoms with van der Waals surface area (Å²) in [5.41, 5.74) is 3.03. The maximum absolute atomic E-state index is 12.1. The standard InChI is InChI=1S/C23H17N3O2S2/c27-19-12-11-16(14-17(19)22-25-18-8-4-5-9-20(18)30-22)24-23(29)26-21(28)13-10-15-6-2-1-3-7-15/h1-14,27H,(H2,24,26,28,29). The van der Waals surface area contributed by atoms with Crippen LogP contribution < -0.4 is 10.6 Å². The van der Waals surface area contributed by atoms with Crippen molar-refractivity contribution in [1.82, 2.24) is 10.3 Å². The molecule has 0 atom stereocenters. The van der Waals surface area contributed by atoms with Crippen molar-refractivity contribution in [2.75, 3.05) is 5.32 Å². The minimum Gasteiger partial charge on any atom is -0.507 e. The van der Waals surface area contributed by atoms with Crippen molar-refractivity contribution in [3.8, 4) is 16.3 Å². The second-order valence-corrected chi connectivity index (χ2v) is 7.84. The molecule has 1 amide bonds. The van der Waals surface area contributed by atoms with E-state index in [2.05, 4.69) is 15.6 Å². The summed E-state index contributed by atoms with van der Waals surface area (Å²) in [6, 6.07) is 22.3. The van der Waals surface area contributed by atoms with E-state index in [9.17, 15) is 9.90 Å². The third-order valence-electron chi connectivity index (χ3n) is 4.24. The summed E-state index contributed by atoms with van der Waals surface area (Å²) in [4.78, 5) is 16.7. The summed E-state index contributed by atoms with van der Waals surface area (Å²) in [6.45, 7) is 0. The van der Waals surface area contributed by atoms with E-state index in [0.29, 0.717) is 16.3 Å². The molecule has 1 heterocycles. The van der Waals surface area contributed by atoms with Gasteiger partial charge < -0.3 is 10.4 Å². The summed E-state index contributed by atoms with van der Waals surface area (Å²) in [5, 5.41) is 16.8. The molecule has 4 rings (SSSR count). The fourth-order valence-corrected chi connectivity index (χ4v) is 4.03. The molecule has 0 aliphatic heterocycles. The SMILES string of the molecule is O=C(C=Cc1ccccc1)NC(=S)Nc1ccc(O)c(-c2nc3ccccc3s2)c1. The van der Waals surface area contributed by atoms with E-state index in [1.165, 1.54) is 17.4 Å². The number of aromatic hydroxyl groups is 1. The first-order valence-corrected chi connectivity index (χ1v) is 10.3. The molecule has 3 N–H and O–H groups in total. The first-order chi connectivity index (χ1) is 14.6. The summed E-state index contributed by atoms with van der Waals surface area (Å²) < 4.78 is 1.04. The first kappa shape index (κ1) is 19.8. The molecule has 4 aromatic rings. The molecule has 0 saturated heterocycles. The van der Waals surface area contributed by atoms with Crippen LogP contribution in [0.1, 0.15) is 5.56 Å². The highest BCUT2D eigenvalue weighted by molar-refractivity contribution is 7.80. The molecule has 0 unspecified atom stereocenters. The molecule has 0 spiro atoms. The number of carbonyl (C=O) groups excluding carboxylic acids is 1. The molecule has 3 aromatic carbocycles. The Morgan fingerprint density at radius 3 is 2.60 bits per heavy atom. The highest BCUT2D eigenvalue weighted by Gasteiger charge is 2.12. The zero-order chi connectivity index (χ0) is 20.9. The summed E-state index contributed by atoms with van der Waals surface area (Å²) >= 11 is 6.73. The van der Waals surface area contributed by atoms with E-state index in [1.807, 2.05) is 54.6 Å². The van der Waals surface area contributed by atoms with Gasteiger partial charge in [-0.1, -0.05) is 42.5 Å². The number of phenols is 1. The van der Waals surface area contributed by atoms with Gasteiger partial charge in [0.1, 0.15) is 10.8 Å².